The predicted molar refractivity (Wildman–Crippen MR) is 122 cm³/mol. The number of hydrogen-bond acceptors (Lipinski definition) is 5. The van der Waals surface area contributed by atoms with Gasteiger partial charge in [-0.25, -0.2) is 9.97 Å². The normalized spacial score (nSPS) is 11.3. The number of fused-ring (bicyclic) bond motifs is 1. The monoisotopic (exact) mass is 408 g/mol. The highest BCUT2D eigenvalue weighted by Gasteiger charge is 2.02. The molecular formula is C26H20N2O3. The molecule has 0 aliphatic rings. The van der Waals surface area contributed by atoms with Crippen molar-refractivity contribution >= 4 is 29.0 Å². The summed E-state index contributed by atoms with van der Waals surface area (Å²) in [5.41, 5.74) is 3.33. The summed E-state index contributed by atoms with van der Waals surface area (Å²) in [5, 5.41) is 0. The number of para-hydroxylation sites is 3. The summed E-state index contributed by atoms with van der Waals surface area (Å²) < 4.78 is 11.1. The van der Waals surface area contributed by atoms with Gasteiger partial charge in [0.2, 0.25) is 5.88 Å². The van der Waals surface area contributed by atoms with Gasteiger partial charge in [-0.3, -0.25) is 4.79 Å². The van der Waals surface area contributed by atoms with Gasteiger partial charge < -0.3 is 9.47 Å². The molecule has 3 aromatic carbocycles. The maximum absolute atomic E-state index is 12.2. The number of ketones is 1. The maximum Gasteiger partial charge on any atom is 0.238 e. The van der Waals surface area contributed by atoms with E-state index < -0.39 is 0 Å². The molecule has 31 heavy (non-hydrogen) atoms. The van der Waals surface area contributed by atoms with Crippen LogP contribution in [0.2, 0.25) is 0 Å². The van der Waals surface area contributed by atoms with Crippen LogP contribution < -0.4 is 9.47 Å². The Bertz CT molecular complexity index is 1260. The van der Waals surface area contributed by atoms with E-state index in [9.17, 15) is 4.79 Å². The van der Waals surface area contributed by atoms with Crippen molar-refractivity contribution in [3.63, 3.8) is 0 Å². The SMILES string of the molecule is COc1ccccc1C=CC(=O)C=Cc1ccc(Oc2cnc3ccccc3n2)cc1. The molecule has 5 heteroatoms. The molecule has 1 heterocycles. The standard InChI is InChI=1S/C26H20N2O3/c1-30-25-9-5-2-6-20(25)13-15-21(29)14-10-19-11-16-22(17-12-19)31-26-18-27-23-7-3-4-8-24(23)28-26/h2-18H,1H3. The van der Waals surface area contributed by atoms with Crippen molar-refractivity contribution in [2.24, 2.45) is 0 Å². The molecule has 4 aromatic rings. The summed E-state index contributed by atoms with van der Waals surface area (Å²) in [4.78, 5) is 20.9. The van der Waals surface area contributed by atoms with Gasteiger partial charge in [0.1, 0.15) is 11.5 Å². The van der Waals surface area contributed by atoms with Gasteiger partial charge in [-0.15, -0.1) is 0 Å². The third kappa shape index (κ3) is 5.22. The van der Waals surface area contributed by atoms with Crippen molar-refractivity contribution in [2.45, 2.75) is 0 Å². The van der Waals surface area contributed by atoms with Gasteiger partial charge in [-0.05, 0) is 54.1 Å². The van der Waals surface area contributed by atoms with Gasteiger partial charge in [0.05, 0.1) is 24.3 Å². The van der Waals surface area contributed by atoms with Crippen LogP contribution in [-0.4, -0.2) is 22.9 Å². The van der Waals surface area contributed by atoms with Crippen LogP contribution in [0.25, 0.3) is 23.2 Å². The number of benzene rings is 3. The Balaban J connectivity index is 1.38. The molecular weight excluding hydrogens is 388 g/mol. The first-order chi connectivity index (χ1) is 15.2. The van der Waals surface area contributed by atoms with E-state index in [1.807, 2.05) is 72.8 Å². The molecule has 0 fully saturated rings. The molecule has 0 aliphatic carbocycles. The van der Waals surface area contributed by atoms with E-state index in [2.05, 4.69) is 9.97 Å². The Kier molecular flexibility index (Phi) is 6.14. The molecule has 4 rings (SSSR count). The number of ether oxygens (including phenoxy) is 2. The van der Waals surface area contributed by atoms with Crippen molar-refractivity contribution in [1.29, 1.82) is 0 Å². The van der Waals surface area contributed by atoms with Crippen molar-refractivity contribution in [3.8, 4) is 17.4 Å². The Labute approximate surface area is 180 Å². The van der Waals surface area contributed by atoms with Crippen LogP contribution in [0.3, 0.4) is 0 Å². The van der Waals surface area contributed by atoms with E-state index in [4.69, 9.17) is 9.47 Å². The van der Waals surface area contributed by atoms with E-state index in [0.29, 0.717) is 11.6 Å². The van der Waals surface area contributed by atoms with Crippen molar-refractivity contribution in [1.82, 2.24) is 9.97 Å². The molecule has 0 radical (unpaired) electrons. The lowest BCUT2D eigenvalue weighted by atomic mass is 10.1. The Morgan fingerprint density at radius 2 is 1.55 bits per heavy atom. The molecule has 152 valence electrons. The maximum atomic E-state index is 12.2. The lowest BCUT2D eigenvalue weighted by Gasteiger charge is -2.05. The summed E-state index contributed by atoms with van der Waals surface area (Å²) in [6.45, 7) is 0. The van der Waals surface area contributed by atoms with Crippen LogP contribution in [0.5, 0.6) is 17.4 Å². The predicted octanol–water partition coefficient (Wildman–Crippen LogP) is 5.73. The van der Waals surface area contributed by atoms with Crippen LogP contribution in [0.4, 0.5) is 0 Å². The molecule has 0 saturated carbocycles. The number of nitrogens with zero attached hydrogens (tertiary/aromatic N) is 2. The fourth-order valence-corrected chi connectivity index (χ4v) is 2.97. The zero-order chi connectivity index (χ0) is 21.5. The number of hydrogen-bond donors (Lipinski definition) is 0. The molecule has 5 nitrogen and oxygen atoms in total. The third-order valence-electron chi connectivity index (χ3n) is 4.54. The van der Waals surface area contributed by atoms with Crippen LogP contribution in [0.15, 0.2) is 91.1 Å². The number of allylic oxidation sites excluding steroid dienone is 2. The van der Waals surface area contributed by atoms with E-state index in [-0.39, 0.29) is 5.78 Å². The first kappa shape index (κ1) is 20.0. The number of methoxy groups -OCH3 is 1. The van der Waals surface area contributed by atoms with Crippen LogP contribution >= 0.6 is 0 Å². The zero-order valence-corrected chi connectivity index (χ0v) is 16.9. The molecule has 0 N–H and O–H groups in total. The van der Waals surface area contributed by atoms with Crippen LogP contribution in [0, 0.1) is 0 Å². The molecule has 0 aliphatic heterocycles. The second-order valence-electron chi connectivity index (χ2n) is 6.68. The number of carbonyl (C=O) groups excluding carboxylic acids is 1. The van der Waals surface area contributed by atoms with Crippen LogP contribution in [0.1, 0.15) is 11.1 Å². The van der Waals surface area contributed by atoms with Crippen LogP contribution in [-0.2, 0) is 4.79 Å². The molecule has 0 saturated heterocycles. The second kappa shape index (κ2) is 9.50. The Morgan fingerprint density at radius 3 is 2.35 bits per heavy atom. The average molecular weight is 408 g/mol. The highest BCUT2D eigenvalue weighted by atomic mass is 16.5. The van der Waals surface area contributed by atoms with Gasteiger partial charge >= 0.3 is 0 Å². The fourth-order valence-electron chi connectivity index (χ4n) is 2.97. The highest BCUT2D eigenvalue weighted by molar-refractivity contribution is 6.04. The lowest BCUT2D eigenvalue weighted by molar-refractivity contribution is -0.110. The van der Waals surface area contributed by atoms with Gasteiger partial charge in [0.25, 0.3) is 0 Å². The summed E-state index contributed by atoms with van der Waals surface area (Å²) in [6, 6.07) is 22.6. The molecule has 0 spiro atoms. The Morgan fingerprint density at radius 1 is 0.839 bits per heavy atom. The highest BCUT2D eigenvalue weighted by Crippen LogP contribution is 2.22. The number of aromatic nitrogens is 2. The summed E-state index contributed by atoms with van der Waals surface area (Å²) in [5.74, 6) is 1.68. The Hall–Kier alpha value is -4.25. The van der Waals surface area contributed by atoms with Gasteiger partial charge in [0, 0.05) is 5.56 Å². The zero-order valence-electron chi connectivity index (χ0n) is 16.9. The topological polar surface area (TPSA) is 61.3 Å². The van der Waals surface area contributed by atoms with E-state index >= 15 is 0 Å². The second-order valence-corrected chi connectivity index (χ2v) is 6.68. The average Bonchev–Trinajstić information content (AvgIpc) is 2.82. The molecule has 0 atom stereocenters. The minimum atomic E-state index is -0.113. The molecule has 0 unspecified atom stereocenters. The molecule has 0 amide bonds. The van der Waals surface area contributed by atoms with Gasteiger partial charge in [0.15, 0.2) is 5.78 Å². The largest absolute Gasteiger partial charge is 0.496 e. The van der Waals surface area contributed by atoms with Gasteiger partial charge in [-0.1, -0.05) is 48.5 Å². The van der Waals surface area contributed by atoms with E-state index in [0.717, 1.165) is 27.9 Å². The fraction of sp³-hybridized carbons (Fsp3) is 0.0385. The minimum absolute atomic E-state index is 0.113. The van der Waals surface area contributed by atoms with E-state index in [1.165, 1.54) is 12.2 Å². The lowest BCUT2D eigenvalue weighted by Crippen LogP contribution is -1.91. The summed E-state index contributed by atoms with van der Waals surface area (Å²) in [7, 11) is 1.61. The number of carbonyl (C=O) groups is 1. The molecule has 1 aromatic heterocycles. The molecule has 0 bridgehead atoms. The smallest absolute Gasteiger partial charge is 0.238 e. The quantitative estimate of drug-likeness (QED) is 0.366. The van der Waals surface area contributed by atoms with Crippen molar-refractivity contribution in [2.75, 3.05) is 7.11 Å². The minimum Gasteiger partial charge on any atom is -0.496 e. The van der Waals surface area contributed by atoms with Crippen molar-refractivity contribution in [3.05, 3.63) is 102 Å². The first-order valence-electron chi connectivity index (χ1n) is 9.74. The summed E-state index contributed by atoms with van der Waals surface area (Å²) in [6.07, 6.45) is 8.14. The third-order valence-corrected chi connectivity index (χ3v) is 4.54. The van der Waals surface area contributed by atoms with E-state index in [1.54, 1.807) is 25.5 Å². The number of rotatable bonds is 7. The van der Waals surface area contributed by atoms with Gasteiger partial charge in [-0.2, -0.15) is 0 Å². The summed E-state index contributed by atoms with van der Waals surface area (Å²) >= 11 is 0. The van der Waals surface area contributed by atoms with Crippen molar-refractivity contribution < 1.29 is 14.3 Å². The first-order valence-corrected chi connectivity index (χ1v) is 9.74.